The molecule has 1 aromatic heterocycles. The minimum Gasteiger partial charge on any atom is -0.303 e. The van der Waals surface area contributed by atoms with Crippen molar-refractivity contribution < 1.29 is 4.79 Å². The molecule has 0 amide bonds. The molecular weight excluding hydrogens is 200 g/mol. The molecule has 0 saturated heterocycles. The zero-order valence-electron chi connectivity index (χ0n) is 7.46. The molecule has 0 bridgehead atoms. The number of fused-ring (bicyclic) bond motifs is 1. The van der Waals surface area contributed by atoms with Crippen LogP contribution in [0.1, 0.15) is 12.0 Å². The molecule has 0 aliphatic heterocycles. The van der Waals surface area contributed by atoms with E-state index in [1.807, 2.05) is 18.2 Å². The van der Waals surface area contributed by atoms with Crippen LogP contribution in [0.2, 0.25) is 5.15 Å². The number of H-pyrrole nitrogens is 1. The Hall–Kier alpha value is -1.35. The van der Waals surface area contributed by atoms with Crippen molar-refractivity contribution in [3.63, 3.8) is 0 Å². The molecule has 0 aliphatic carbocycles. The number of aldehydes is 1. The van der Waals surface area contributed by atoms with E-state index in [2.05, 4.69) is 10.2 Å². The molecule has 0 radical (unpaired) electrons. The van der Waals surface area contributed by atoms with Crippen molar-refractivity contribution in [1.82, 2.24) is 10.2 Å². The van der Waals surface area contributed by atoms with Gasteiger partial charge in [0, 0.05) is 11.8 Å². The monoisotopic (exact) mass is 208 g/mol. The molecule has 0 unspecified atom stereocenters. The summed E-state index contributed by atoms with van der Waals surface area (Å²) >= 11 is 5.89. The van der Waals surface area contributed by atoms with Crippen LogP contribution >= 0.6 is 11.6 Å². The van der Waals surface area contributed by atoms with Gasteiger partial charge in [0.2, 0.25) is 0 Å². The van der Waals surface area contributed by atoms with Crippen molar-refractivity contribution in [2.24, 2.45) is 0 Å². The zero-order chi connectivity index (χ0) is 9.97. The Morgan fingerprint density at radius 3 is 3.14 bits per heavy atom. The number of hydrogen-bond acceptors (Lipinski definition) is 2. The highest BCUT2D eigenvalue weighted by Crippen LogP contribution is 2.21. The summed E-state index contributed by atoms with van der Waals surface area (Å²) in [5.41, 5.74) is 1.96. The number of nitrogens with one attached hydrogen (secondary N) is 1. The van der Waals surface area contributed by atoms with Gasteiger partial charge in [0.1, 0.15) is 11.4 Å². The number of aromatic nitrogens is 2. The summed E-state index contributed by atoms with van der Waals surface area (Å²) in [6.45, 7) is 0. The van der Waals surface area contributed by atoms with Crippen LogP contribution in [0.5, 0.6) is 0 Å². The van der Waals surface area contributed by atoms with Crippen LogP contribution in [-0.4, -0.2) is 16.5 Å². The SMILES string of the molecule is O=CCCc1ccc2n[nH]c(Cl)c2c1. The third-order valence-electron chi connectivity index (χ3n) is 2.12. The van der Waals surface area contributed by atoms with E-state index in [1.165, 1.54) is 0 Å². The van der Waals surface area contributed by atoms with Gasteiger partial charge in [0.25, 0.3) is 0 Å². The Bertz CT molecular complexity index is 464. The first kappa shape index (κ1) is 9.21. The van der Waals surface area contributed by atoms with Crippen LogP contribution in [-0.2, 0) is 11.2 Å². The predicted molar refractivity (Wildman–Crippen MR) is 55.5 cm³/mol. The topological polar surface area (TPSA) is 45.8 Å². The van der Waals surface area contributed by atoms with Crippen molar-refractivity contribution in [3.05, 3.63) is 28.9 Å². The maximum atomic E-state index is 10.2. The highest BCUT2D eigenvalue weighted by Gasteiger charge is 2.03. The summed E-state index contributed by atoms with van der Waals surface area (Å²) in [4.78, 5) is 10.2. The number of rotatable bonds is 3. The van der Waals surface area contributed by atoms with Crippen LogP contribution in [0.4, 0.5) is 0 Å². The molecule has 4 heteroatoms. The fraction of sp³-hybridized carbons (Fsp3) is 0.200. The number of carbonyl (C=O) groups excluding carboxylic acids is 1. The minimum absolute atomic E-state index is 0.543. The average Bonchev–Trinajstić information content (AvgIpc) is 2.57. The molecule has 2 aromatic rings. The number of carbonyl (C=O) groups is 1. The van der Waals surface area contributed by atoms with Crippen molar-refractivity contribution >= 4 is 28.8 Å². The predicted octanol–water partition coefficient (Wildman–Crippen LogP) is 2.35. The third kappa shape index (κ3) is 1.63. The Morgan fingerprint density at radius 1 is 1.50 bits per heavy atom. The van der Waals surface area contributed by atoms with Gasteiger partial charge in [-0.25, -0.2) is 0 Å². The first-order valence-electron chi connectivity index (χ1n) is 4.37. The van der Waals surface area contributed by atoms with Crippen molar-refractivity contribution in [2.45, 2.75) is 12.8 Å². The second kappa shape index (κ2) is 3.80. The third-order valence-corrected chi connectivity index (χ3v) is 2.41. The quantitative estimate of drug-likeness (QED) is 0.787. The van der Waals surface area contributed by atoms with Gasteiger partial charge in [0.15, 0.2) is 0 Å². The van der Waals surface area contributed by atoms with Crippen molar-refractivity contribution in [1.29, 1.82) is 0 Å². The molecule has 0 saturated carbocycles. The standard InChI is InChI=1S/C10H9ClN2O/c11-10-8-6-7(2-1-5-14)3-4-9(8)12-13-10/h3-6H,1-2H2,(H,12,13). The molecule has 2 rings (SSSR count). The van der Waals surface area contributed by atoms with E-state index < -0.39 is 0 Å². The van der Waals surface area contributed by atoms with Crippen LogP contribution in [0.15, 0.2) is 18.2 Å². The molecule has 1 aromatic carbocycles. The molecule has 14 heavy (non-hydrogen) atoms. The summed E-state index contributed by atoms with van der Waals surface area (Å²) < 4.78 is 0. The number of aromatic amines is 1. The Balaban J connectivity index is 2.39. The fourth-order valence-corrected chi connectivity index (χ4v) is 1.60. The minimum atomic E-state index is 0.543. The average molecular weight is 209 g/mol. The highest BCUT2D eigenvalue weighted by atomic mass is 35.5. The lowest BCUT2D eigenvalue weighted by Gasteiger charge is -1.96. The van der Waals surface area contributed by atoms with E-state index in [-0.39, 0.29) is 0 Å². The molecule has 3 nitrogen and oxygen atoms in total. The summed E-state index contributed by atoms with van der Waals surface area (Å²) in [7, 11) is 0. The second-order valence-corrected chi connectivity index (χ2v) is 3.47. The molecule has 72 valence electrons. The molecule has 0 aliphatic rings. The van der Waals surface area contributed by atoms with Gasteiger partial charge in [-0.1, -0.05) is 17.7 Å². The first-order valence-corrected chi connectivity index (χ1v) is 4.75. The number of halogens is 1. The molecular formula is C10H9ClN2O. The molecule has 1 heterocycles. The van der Waals surface area contributed by atoms with Gasteiger partial charge in [-0.05, 0) is 24.1 Å². The Labute approximate surface area is 86.1 Å². The van der Waals surface area contributed by atoms with Crippen LogP contribution in [0, 0.1) is 0 Å². The van der Waals surface area contributed by atoms with Gasteiger partial charge in [0.05, 0.1) is 5.52 Å². The zero-order valence-corrected chi connectivity index (χ0v) is 8.21. The van der Waals surface area contributed by atoms with Gasteiger partial charge in [-0.15, -0.1) is 0 Å². The number of benzene rings is 1. The smallest absolute Gasteiger partial charge is 0.132 e. The maximum Gasteiger partial charge on any atom is 0.132 e. The van der Waals surface area contributed by atoms with Crippen molar-refractivity contribution in [2.75, 3.05) is 0 Å². The van der Waals surface area contributed by atoms with E-state index in [0.29, 0.717) is 11.6 Å². The summed E-state index contributed by atoms with van der Waals surface area (Å²) in [5, 5.41) is 8.18. The van der Waals surface area contributed by atoms with Gasteiger partial charge in [-0.3, -0.25) is 5.10 Å². The largest absolute Gasteiger partial charge is 0.303 e. The summed E-state index contributed by atoms with van der Waals surface area (Å²) in [5.74, 6) is 0. The lowest BCUT2D eigenvalue weighted by atomic mass is 10.1. The maximum absolute atomic E-state index is 10.2. The lowest BCUT2D eigenvalue weighted by Crippen LogP contribution is -1.85. The fourth-order valence-electron chi connectivity index (χ4n) is 1.41. The molecule has 0 spiro atoms. The Morgan fingerprint density at radius 2 is 2.36 bits per heavy atom. The number of aryl methyl sites for hydroxylation is 1. The molecule has 1 N–H and O–H groups in total. The van der Waals surface area contributed by atoms with Crippen LogP contribution < -0.4 is 0 Å². The van der Waals surface area contributed by atoms with Gasteiger partial charge < -0.3 is 4.79 Å². The van der Waals surface area contributed by atoms with E-state index in [4.69, 9.17) is 11.6 Å². The van der Waals surface area contributed by atoms with Crippen molar-refractivity contribution in [3.8, 4) is 0 Å². The summed E-state index contributed by atoms with van der Waals surface area (Å²) in [6, 6.07) is 5.82. The van der Waals surface area contributed by atoms with E-state index >= 15 is 0 Å². The van der Waals surface area contributed by atoms with Crippen LogP contribution in [0.25, 0.3) is 10.9 Å². The normalized spacial score (nSPS) is 10.6. The molecule has 0 fully saturated rings. The number of nitrogens with zero attached hydrogens (tertiary/aromatic N) is 1. The molecule has 0 atom stereocenters. The summed E-state index contributed by atoms with van der Waals surface area (Å²) in [6.07, 6.45) is 2.21. The first-order chi connectivity index (χ1) is 6.81. The lowest BCUT2D eigenvalue weighted by molar-refractivity contribution is -0.107. The van der Waals surface area contributed by atoms with Crippen LogP contribution in [0.3, 0.4) is 0 Å². The Kier molecular flexibility index (Phi) is 2.50. The number of hydrogen-bond donors (Lipinski definition) is 1. The van der Waals surface area contributed by atoms with E-state index in [9.17, 15) is 4.79 Å². The van der Waals surface area contributed by atoms with E-state index in [1.54, 1.807) is 0 Å². The van der Waals surface area contributed by atoms with Gasteiger partial charge in [-0.2, -0.15) is 5.10 Å². The van der Waals surface area contributed by atoms with E-state index in [0.717, 1.165) is 29.2 Å². The van der Waals surface area contributed by atoms with Gasteiger partial charge >= 0.3 is 0 Å². The second-order valence-electron chi connectivity index (χ2n) is 3.09. The highest BCUT2D eigenvalue weighted by molar-refractivity contribution is 6.34.